The number of alkyl halides is 3. The van der Waals surface area contributed by atoms with Crippen LogP contribution in [0.1, 0.15) is 24.0 Å². The Bertz CT molecular complexity index is 1130. The Balaban J connectivity index is 1.69. The second-order valence-corrected chi connectivity index (χ2v) is 7.61. The van der Waals surface area contributed by atoms with Gasteiger partial charge in [0.05, 0.1) is 22.0 Å². The second kappa shape index (κ2) is 7.12. The number of benzene rings is 2. The Kier molecular flexibility index (Phi) is 4.54. The van der Waals surface area contributed by atoms with Crippen molar-refractivity contribution in [1.29, 1.82) is 0 Å². The van der Waals surface area contributed by atoms with Gasteiger partial charge in [0.2, 0.25) is 6.79 Å². The number of anilines is 1. The zero-order valence-electron chi connectivity index (χ0n) is 15.7. The molecule has 0 saturated heterocycles. The van der Waals surface area contributed by atoms with Crippen molar-refractivity contribution in [2.24, 2.45) is 0 Å². The van der Waals surface area contributed by atoms with E-state index in [9.17, 15) is 13.2 Å². The van der Waals surface area contributed by atoms with E-state index >= 15 is 0 Å². The molecule has 5 rings (SSSR count). The van der Waals surface area contributed by atoms with Gasteiger partial charge in [-0.1, -0.05) is 11.6 Å². The molecule has 5 nitrogen and oxygen atoms in total. The average molecular weight is 436 g/mol. The summed E-state index contributed by atoms with van der Waals surface area (Å²) in [6.45, 7) is 0.864. The standard InChI is InChI=1S/C21H17ClF3N3O2/c22-15-6-5-13(21(23,24)25)10-16(15)28-20-14(3-1-2-8-26-20)19(27-28)12-4-7-17-18(9-12)30-11-29-17/h4-7,9-10,26H,1-3,8,11H2. The molecule has 2 aliphatic rings. The fourth-order valence-corrected chi connectivity index (χ4v) is 4.00. The highest BCUT2D eigenvalue weighted by molar-refractivity contribution is 6.32. The van der Waals surface area contributed by atoms with Crippen LogP contribution < -0.4 is 14.8 Å². The Labute approximate surface area is 175 Å². The maximum Gasteiger partial charge on any atom is 0.416 e. The highest BCUT2D eigenvalue weighted by Crippen LogP contribution is 2.41. The molecule has 0 fully saturated rings. The van der Waals surface area contributed by atoms with Crippen LogP contribution in [0.15, 0.2) is 36.4 Å². The number of rotatable bonds is 2. The summed E-state index contributed by atoms with van der Waals surface area (Å²) in [7, 11) is 0. The number of fused-ring (bicyclic) bond motifs is 2. The topological polar surface area (TPSA) is 48.3 Å². The molecule has 0 spiro atoms. The zero-order chi connectivity index (χ0) is 20.9. The van der Waals surface area contributed by atoms with Gasteiger partial charge in [-0.3, -0.25) is 0 Å². The highest BCUT2D eigenvalue weighted by Gasteiger charge is 2.32. The van der Waals surface area contributed by atoms with E-state index in [1.807, 2.05) is 18.2 Å². The van der Waals surface area contributed by atoms with E-state index in [1.165, 1.54) is 10.7 Å². The average Bonchev–Trinajstić information content (AvgIpc) is 3.24. The summed E-state index contributed by atoms with van der Waals surface area (Å²) in [6, 6.07) is 8.79. The van der Waals surface area contributed by atoms with Gasteiger partial charge in [-0.2, -0.15) is 18.3 Å². The minimum atomic E-state index is -4.48. The third kappa shape index (κ3) is 3.25. The molecular formula is C21H17ClF3N3O2. The largest absolute Gasteiger partial charge is 0.454 e. The fraction of sp³-hybridized carbons (Fsp3) is 0.286. The van der Waals surface area contributed by atoms with E-state index in [1.54, 1.807) is 0 Å². The van der Waals surface area contributed by atoms with Crippen molar-refractivity contribution in [3.05, 3.63) is 52.5 Å². The van der Waals surface area contributed by atoms with Crippen LogP contribution in [0.2, 0.25) is 5.02 Å². The summed E-state index contributed by atoms with van der Waals surface area (Å²) in [4.78, 5) is 0. The molecule has 0 saturated carbocycles. The molecule has 0 radical (unpaired) electrons. The van der Waals surface area contributed by atoms with Crippen molar-refractivity contribution in [1.82, 2.24) is 9.78 Å². The highest BCUT2D eigenvalue weighted by atomic mass is 35.5. The van der Waals surface area contributed by atoms with Gasteiger partial charge in [0, 0.05) is 17.7 Å². The van der Waals surface area contributed by atoms with Crippen molar-refractivity contribution >= 4 is 17.4 Å². The minimum Gasteiger partial charge on any atom is -0.454 e. The summed E-state index contributed by atoms with van der Waals surface area (Å²) in [5.74, 6) is 1.94. The number of hydrogen-bond acceptors (Lipinski definition) is 4. The smallest absolute Gasteiger partial charge is 0.416 e. The second-order valence-electron chi connectivity index (χ2n) is 7.20. The normalized spacial score (nSPS) is 15.5. The molecule has 2 aromatic carbocycles. The number of nitrogens with one attached hydrogen (secondary N) is 1. The molecule has 2 aliphatic heterocycles. The molecular weight excluding hydrogens is 419 g/mol. The van der Waals surface area contributed by atoms with Crippen LogP contribution in [0.3, 0.4) is 0 Å². The van der Waals surface area contributed by atoms with Crippen LogP contribution in [0, 0.1) is 0 Å². The van der Waals surface area contributed by atoms with Gasteiger partial charge >= 0.3 is 6.18 Å². The van der Waals surface area contributed by atoms with Crippen molar-refractivity contribution in [2.75, 3.05) is 18.7 Å². The van der Waals surface area contributed by atoms with Crippen LogP contribution in [0.4, 0.5) is 19.0 Å². The summed E-state index contributed by atoms with van der Waals surface area (Å²) in [6.07, 6.45) is -1.83. The lowest BCUT2D eigenvalue weighted by Gasteiger charge is -2.13. The molecule has 0 amide bonds. The minimum absolute atomic E-state index is 0.159. The molecule has 3 aromatic rings. The molecule has 0 unspecified atom stereocenters. The van der Waals surface area contributed by atoms with Gasteiger partial charge < -0.3 is 14.8 Å². The Morgan fingerprint density at radius 3 is 2.70 bits per heavy atom. The third-order valence-corrected chi connectivity index (χ3v) is 5.60. The first-order chi connectivity index (χ1) is 14.4. The van der Waals surface area contributed by atoms with Gasteiger partial charge in [0.15, 0.2) is 11.5 Å². The van der Waals surface area contributed by atoms with Crippen LogP contribution >= 0.6 is 11.6 Å². The van der Waals surface area contributed by atoms with Gasteiger partial charge in [-0.15, -0.1) is 0 Å². The molecule has 9 heteroatoms. The number of ether oxygens (including phenoxy) is 2. The van der Waals surface area contributed by atoms with Crippen LogP contribution in [0.5, 0.6) is 11.5 Å². The maximum atomic E-state index is 13.3. The van der Waals surface area contributed by atoms with Crippen molar-refractivity contribution in [3.8, 4) is 28.4 Å². The monoisotopic (exact) mass is 435 g/mol. The van der Waals surface area contributed by atoms with Crippen LogP contribution in [0.25, 0.3) is 16.9 Å². The van der Waals surface area contributed by atoms with E-state index in [0.29, 0.717) is 29.6 Å². The SMILES string of the molecule is FC(F)(F)c1ccc(Cl)c(-n2nc(-c3ccc4c(c3)OCO4)c3c2NCCCC3)c1. The molecule has 156 valence electrons. The number of halogens is 4. The molecule has 1 aromatic heterocycles. The molecule has 3 heterocycles. The molecule has 0 aliphatic carbocycles. The first-order valence-corrected chi connectivity index (χ1v) is 9.92. The predicted molar refractivity (Wildman–Crippen MR) is 107 cm³/mol. The quantitative estimate of drug-likeness (QED) is 0.562. The zero-order valence-corrected chi connectivity index (χ0v) is 16.5. The summed E-state index contributed by atoms with van der Waals surface area (Å²) < 4.78 is 52.2. The Morgan fingerprint density at radius 1 is 1.03 bits per heavy atom. The van der Waals surface area contributed by atoms with Crippen LogP contribution in [-0.4, -0.2) is 23.1 Å². The molecule has 0 atom stereocenters. The maximum absolute atomic E-state index is 13.3. The molecule has 1 N–H and O–H groups in total. The van der Waals surface area contributed by atoms with Gasteiger partial charge in [0.25, 0.3) is 0 Å². The lowest BCUT2D eigenvalue weighted by atomic mass is 10.0. The van der Waals surface area contributed by atoms with E-state index in [2.05, 4.69) is 10.4 Å². The van der Waals surface area contributed by atoms with E-state index < -0.39 is 11.7 Å². The van der Waals surface area contributed by atoms with Crippen molar-refractivity contribution < 1.29 is 22.6 Å². The van der Waals surface area contributed by atoms with Gasteiger partial charge in [-0.05, 0) is 55.7 Å². The number of aromatic nitrogens is 2. The van der Waals surface area contributed by atoms with Crippen molar-refractivity contribution in [3.63, 3.8) is 0 Å². The lowest BCUT2D eigenvalue weighted by molar-refractivity contribution is -0.137. The van der Waals surface area contributed by atoms with E-state index in [4.69, 9.17) is 21.1 Å². The van der Waals surface area contributed by atoms with Gasteiger partial charge in [0.1, 0.15) is 5.82 Å². The van der Waals surface area contributed by atoms with Crippen LogP contribution in [-0.2, 0) is 12.6 Å². The van der Waals surface area contributed by atoms with Crippen molar-refractivity contribution in [2.45, 2.75) is 25.4 Å². The predicted octanol–water partition coefficient (Wildman–Crippen LogP) is 5.69. The summed E-state index contributed by atoms with van der Waals surface area (Å²) in [5, 5.41) is 8.21. The van der Waals surface area contributed by atoms with Gasteiger partial charge in [-0.25, -0.2) is 4.68 Å². The third-order valence-electron chi connectivity index (χ3n) is 5.28. The summed E-state index contributed by atoms with van der Waals surface area (Å²) in [5.41, 5.74) is 1.85. The molecule has 0 bridgehead atoms. The first kappa shape index (κ1) is 19.1. The van der Waals surface area contributed by atoms with E-state index in [-0.39, 0.29) is 17.5 Å². The molecule has 30 heavy (non-hydrogen) atoms. The number of nitrogens with zero attached hydrogens (tertiary/aromatic N) is 2. The summed E-state index contributed by atoms with van der Waals surface area (Å²) >= 11 is 6.30. The fourth-order valence-electron chi connectivity index (χ4n) is 3.80. The Hall–Kier alpha value is -2.87. The van der Waals surface area contributed by atoms with E-state index in [0.717, 1.165) is 42.5 Å². The Morgan fingerprint density at radius 2 is 1.87 bits per heavy atom. The lowest BCUT2D eigenvalue weighted by Crippen LogP contribution is -2.10. The number of hydrogen-bond donors (Lipinski definition) is 1. The first-order valence-electron chi connectivity index (χ1n) is 9.55.